The predicted octanol–water partition coefficient (Wildman–Crippen LogP) is 2.89. The van der Waals surface area contributed by atoms with Crippen LogP contribution in [0.2, 0.25) is 0 Å². The van der Waals surface area contributed by atoms with E-state index in [1.807, 2.05) is 12.1 Å². The summed E-state index contributed by atoms with van der Waals surface area (Å²) < 4.78 is 19.2. The van der Waals surface area contributed by atoms with Crippen LogP contribution in [0, 0.1) is 0 Å². The number of rotatable bonds is 13. The van der Waals surface area contributed by atoms with Gasteiger partial charge in [-0.2, -0.15) is 0 Å². The number of para-hydroxylation sites is 1. The smallest absolute Gasteiger partial charge is 0.329 e. The van der Waals surface area contributed by atoms with Crippen molar-refractivity contribution in [2.24, 2.45) is 7.05 Å². The number of halogens is 1. The van der Waals surface area contributed by atoms with Crippen LogP contribution in [0.3, 0.4) is 0 Å². The highest BCUT2D eigenvalue weighted by atomic mass is 19.1. The molecular weight excluding hydrogens is 750 g/mol. The molecule has 0 radical (unpaired) electrons. The van der Waals surface area contributed by atoms with Crippen molar-refractivity contribution in [3.05, 3.63) is 111 Å². The lowest BCUT2D eigenvalue weighted by atomic mass is 10.0. The first-order valence-electron chi connectivity index (χ1n) is 18.9. The summed E-state index contributed by atoms with van der Waals surface area (Å²) in [6, 6.07) is 15.9. The van der Waals surface area contributed by atoms with E-state index in [2.05, 4.69) is 36.7 Å². The summed E-state index contributed by atoms with van der Waals surface area (Å²) in [4.78, 5) is 81.3. The lowest BCUT2D eigenvalue weighted by Gasteiger charge is -2.21. The number of benzene rings is 2. The van der Waals surface area contributed by atoms with Crippen LogP contribution in [-0.2, 0) is 23.1 Å². The number of imidazole rings is 2. The number of nitrogens with one attached hydrogen (secondary N) is 5. The third kappa shape index (κ3) is 7.19. The zero-order chi connectivity index (χ0) is 40.7. The molecule has 1 saturated carbocycles. The van der Waals surface area contributed by atoms with Crippen molar-refractivity contribution in [3.8, 4) is 5.69 Å². The molecule has 0 spiro atoms. The first-order chi connectivity index (χ1) is 28.0. The van der Waals surface area contributed by atoms with Crippen molar-refractivity contribution < 1.29 is 23.6 Å². The standard InChI is InChI=1S/C40H40FN11O6/c1-42-28-20-32(48-52-31(21-44-35(28)52)38(56)46-27-19-25(27)41)45-26-9-6-18-50(39(26)57)24-13-11-23(12-14-24)36(54)43-17-4-3-7-22-8-5-10-29-34(22)49(2)40(58)51(29)30-15-16-33(53)47-37(30)55/h5-6,8-14,18,20-21,25,27,30,42H,3-4,7,15-17,19H2,1-2H3,(H,43,54)(H,45,48)(H,46,56)(H,47,53,55)/t25-,27+,30?/m0/s1. The summed E-state index contributed by atoms with van der Waals surface area (Å²) in [5, 5.41) is 18.5. The van der Waals surface area contributed by atoms with Gasteiger partial charge < -0.3 is 21.3 Å². The molecule has 2 aliphatic rings. The molecule has 2 fully saturated rings. The summed E-state index contributed by atoms with van der Waals surface area (Å²) >= 11 is 0. The number of hydrogen-bond acceptors (Lipinski definition) is 10. The number of anilines is 3. The molecule has 0 bridgehead atoms. The van der Waals surface area contributed by atoms with E-state index in [4.69, 9.17) is 0 Å². The minimum atomic E-state index is -1.07. The van der Waals surface area contributed by atoms with Crippen LogP contribution in [0.5, 0.6) is 0 Å². The second-order valence-corrected chi connectivity index (χ2v) is 14.3. The van der Waals surface area contributed by atoms with Crippen molar-refractivity contribution >= 4 is 57.5 Å². The maximum absolute atomic E-state index is 13.6. The number of nitrogens with zero attached hydrogens (tertiary/aromatic N) is 6. The van der Waals surface area contributed by atoms with E-state index in [1.165, 1.54) is 19.8 Å². The molecule has 1 saturated heterocycles. The molecule has 5 N–H and O–H groups in total. The molecular formula is C40H40FN11O6. The number of aryl methyl sites for hydroxylation is 2. The Hall–Kier alpha value is -7.11. The van der Waals surface area contributed by atoms with Crippen LogP contribution in [0.1, 0.15) is 64.6 Å². The second kappa shape index (κ2) is 15.4. The fourth-order valence-electron chi connectivity index (χ4n) is 7.32. The van der Waals surface area contributed by atoms with Gasteiger partial charge in [0.15, 0.2) is 17.2 Å². The summed E-state index contributed by atoms with van der Waals surface area (Å²) in [5.74, 6) is -1.34. The van der Waals surface area contributed by atoms with Crippen LogP contribution in [0.4, 0.5) is 21.6 Å². The highest BCUT2D eigenvalue weighted by molar-refractivity contribution is 6.00. The summed E-state index contributed by atoms with van der Waals surface area (Å²) in [7, 11) is 3.36. The topological polar surface area (TPSA) is 208 Å². The van der Waals surface area contributed by atoms with Gasteiger partial charge in [-0.25, -0.2) is 18.7 Å². The molecule has 1 unspecified atom stereocenters. The maximum Gasteiger partial charge on any atom is 0.329 e. The zero-order valence-electron chi connectivity index (χ0n) is 31.6. The Morgan fingerprint density at radius 2 is 1.78 bits per heavy atom. The van der Waals surface area contributed by atoms with E-state index in [0.717, 1.165) is 17.5 Å². The Morgan fingerprint density at radius 3 is 2.52 bits per heavy atom. The lowest BCUT2D eigenvalue weighted by Crippen LogP contribution is -2.44. The van der Waals surface area contributed by atoms with Gasteiger partial charge in [-0.05, 0) is 73.7 Å². The predicted molar refractivity (Wildman–Crippen MR) is 212 cm³/mol. The van der Waals surface area contributed by atoms with Crippen LogP contribution >= 0.6 is 0 Å². The number of carbonyl (C=O) groups is 4. The van der Waals surface area contributed by atoms with Gasteiger partial charge in [0.05, 0.1) is 29.0 Å². The molecule has 4 amide bonds. The molecule has 298 valence electrons. The molecule has 2 aromatic carbocycles. The summed E-state index contributed by atoms with van der Waals surface area (Å²) in [6.07, 6.45) is 4.63. The van der Waals surface area contributed by atoms with Crippen molar-refractivity contribution in [2.75, 3.05) is 24.2 Å². The molecule has 3 atom stereocenters. The summed E-state index contributed by atoms with van der Waals surface area (Å²) in [6.45, 7) is 0.416. The van der Waals surface area contributed by atoms with Gasteiger partial charge in [-0.1, -0.05) is 12.1 Å². The van der Waals surface area contributed by atoms with E-state index in [-0.39, 0.29) is 59.5 Å². The minimum Gasteiger partial charge on any atom is -0.385 e. The van der Waals surface area contributed by atoms with Gasteiger partial charge in [0.2, 0.25) is 11.8 Å². The molecule has 6 aromatic rings. The third-order valence-electron chi connectivity index (χ3n) is 10.5. The van der Waals surface area contributed by atoms with E-state index in [0.29, 0.717) is 47.5 Å². The first-order valence-corrected chi connectivity index (χ1v) is 18.9. The number of amides is 4. The largest absolute Gasteiger partial charge is 0.385 e. The number of unbranched alkanes of at least 4 members (excludes halogenated alkanes) is 1. The number of pyridine rings is 1. The number of hydrogen-bond donors (Lipinski definition) is 5. The van der Waals surface area contributed by atoms with Crippen molar-refractivity contribution in [1.29, 1.82) is 0 Å². The molecule has 18 heteroatoms. The molecule has 58 heavy (non-hydrogen) atoms. The average Bonchev–Trinajstić information content (AvgIpc) is 3.62. The van der Waals surface area contributed by atoms with Gasteiger partial charge in [0, 0.05) is 57.0 Å². The molecule has 5 heterocycles. The molecule has 1 aliphatic heterocycles. The highest BCUT2D eigenvalue weighted by Crippen LogP contribution is 2.28. The maximum atomic E-state index is 13.6. The van der Waals surface area contributed by atoms with Gasteiger partial charge in [-0.15, -0.1) is 5.10 Å². The molecule has 1 aliphatic carbocycles. The van der Waals surface area contributed by atoms with Crippen molar-refractivity contribution in [2.45, 2.75) is 56.8 Å². The average molecular weight is 790 g/mol. The Morgan fingerprint density at radius 1 is 0.983 bits per heavy atom. The van der Waals surface area contributed by atoms with Crippen molar-refractivity contribution in [3.63, 3.8) is 0 Å². The number of alkyl halides is 1. The van der Waals surface area contributed by atoms with Crippen LogP contribution in [0.25, 0.3) is 22.4 Å². The Balaban J connectivity index is 0.890. The third-order valence-corrected chi connectivity index (χ3v) is 10.5. The lowest BCUT2D eigenvalue weighted by molar-refractivity contribution is -0.135. The monoisotopic (exact) mass is 789 g/mol. The summed E-state index contributed by atoms with van der Waals surface area (Å²) in [5.41, 5.74) is 3.80. The highest BCUT2D eigenvalue weighted by Gasteiger charge is 2.39. The van der Waals surface area contributed by atoms with Crippen LogP contribution in [-0.4, -0.2) is 77.7 Å². The Kier molecular flexibility index (Phi) is 10.1. The number of imide groups is 1. The quantitative estimate of drug-likeness (QED) is 0.0854. The van der Waals surface area contributed by atoms with E-state index >= 15 is 0 Å². The Bertz CT molecular complexity index is 2730. The zero-order valence-corrected chi connectivity index (χ0v) is 31.6. The van der Waals surface area contributed by atoms with E-state index < -0.39 is 30.1 Å². The van der Waals surface area contributed by atoms with Crippen LogP contribution in [0.15, 0.2) is 82.6 Å². The second-order valence-electron chi connectivity index (χ2n) is 14.3. The fourth-order valence-corrected chi connectivity index (χ4v) is 7.32. The minimum absolute atomic E-state index is 0.118. The van der Waals surface area contributed by atoms with Gasteiger partial charge >= 0.3 is 5.69 Å². The molecule has 4 aromatic heterocycles. The molecule has 17 nitrogen and oxygen atoms in total. The number of carbonyl (C=O) groups excluding carboxylic acids is 4. The SMILES string of the molecule is CNc1cc(Nc2cccn(-c3ccc(C(=O)NCCCCc4cccc5c4n(C)c(=O)n5C4CCC(=O)NC4=O)cc3)c2=O)nn2c(C(=O)N[C@@H]3C[C@@H]3F)cnc12. The molecule has 8 rings (SSSR count). The van der Waals surface area contributed by atoms with Crippen LogP contribution < -0.4 is 37.8 Å². The van der Waals surface area contributed by atoms with Gasteiger partial charge in [0.1, 0.15) is 17.9 Å². The Labute approximate surface area is 329 Å². The van der Waals surface area contributed by atoms with Gasteiger partial charge in [-0.3, -0.25) is 43.0 Å². The number of fused-ring (bicyclic) bond motifs is 2. The number of piperidine rings is 1. The van der Waals surface area contributed by atoms with Gasteiger partial charge in [0.25, 0.3) is 17.4 Å². The normalized spacial score (nSPS) is 17.6. The van der Waals surface area contributed by atoms with E-state index in [1.54, 1.807) is 73.4 Å². The fraction of sp³-hybridized carbons (Fsp3) is 0.300. The van der Waals surface area contributed by atoms with Crippen molar-refractivity contribution in [1.82, 2.24) is 44.2 Å². The number of aromatic nitrogens is 6. The first kappa shape index (κ1) is 37.8. The van der Waals surface area contributed by atoms with E-state index in [9.17, 15) is 33.2 Å².